The van der Waals surface area contributed by atoms with E-state index in [-0.39, 0.29) is 22.0 Å². The van der Waals surface area contributed by atoms with Gasteiger partial charge in [-0.3, -0.25) is 10.1 Å². The fraction of sp³-hybridized carbons (Fsp3) is 0.500. The Bertz CT molecular complexity index is 654. The number of rotatable bonds is 3. The Morgan fingerprint density at radius 1 is 1.33 bits per heavy atom. The van der Waals surface area contributed by atoms with Crippen molar-refractivity contribution in [1.29, 1.82) is 0 Å². The molecule has 1 aliphatic heterocycles. The predicted molar refractivity (Wildman–Crippen MR) is 78.9 cm³/mol. The molecule has 1 aliphatic rings. The minimum absolute atomic E-state index is 0.0193. The second-order valence-electron chi connectivity index (χ2n) is 5.16. The molecular weight excluding hydrogens is 318 g/mol. The number of nitro benzene ring substituents is 1. The molecule has 2 atom stereocenters. The zero-order chi connectivity index (χ0) is 15.8. The van der Waals surface area contributed by atoms with Crippen LogP contribution in [0.5, 0.6) is 0 Å². The third-order valence-corrected chi connectivity index (χ3v) is 5.42. The standard InChI is InChI=1S/C12H16ClN3O4S/c1-8-6-15(7-9(2)14-8)21(19,20)10-3-4-11(13)12(5-10)16(17)18/h3-5,8-9,14H,6-7H2,1-2H3. The van der Waals surface area contributed by atoms with Gasteiger partial charge >= 0.3 is 0 Å². The summed E-state index contributed by atoms with van der Waals surface area (Å²) >= 11 is 5.71. The van der Waals surface area contributed by atoms with Crippen LogP contribution < -0.4 is 5.32 Å². The van der Waals surface area contributed by atoms with E-state index >= 15 is 0 Å². The topological polar surface area (TPSA) is 92.5 Å². The Hall–Kier alpha value is -1.22. The van der Waals surface area contributed by atoms with E-state index in [9.17, 15) is 18.5 Å². The zero-order valence-corrected chi connectivity index (χ0v) is 13.2. The molecule has 9 heteroatoms. The molecule has 0 bridgehead atoms. The third kappa shape index (κ3) is 3.34. The molecule has 1 heterocycles. The molecule has 1 fully saturated rings. The number of nitro groups is 1. The highest BCUT2D eigenvalue weighted by atomic mass is 35.5. The van der Waals surface area contributed by atoms with Crippen molar-refractivity contribution in [3.05, 3.63) is 33.3 Å². The monoisotopic (exact) mass is 333 g/mol. The number of halogens is 1. The highest BCUT2D eigenvalue weighted by Gasteiger charge is 2.32. The number of hydrogen-bond acceptors (Lipinski definition) is 5. The van der Waals surface area contributed by atoms with Crippen molar-refractivity contribution >= 4 is 27.3 Å². The number of nitrogens with zero attached hydrogens (tertiary/aromatic N) is 2. The van der Waals surface area contributed by atoms with Gasteiger partial charge in [0.15, 0.2) is 0 Å². The van der Waals surface area contributed by atoms with Crippen LogP contribution in [0.1, 0.15) is 13.8 Å². The summed E-state index contributed by atoms with van der Waals surface area (Å²) in [4.78, 5) is 10.1. The van der Waals surface area contributed by atoms with Gasteiger partial charge in [0.25, 0.3) is 5.69 Å². The Morgan fingerprint density at radius 3 is 2.43 bits per heavy atom. The van der Waals surface area contributed by atoms with Crippen molar-refractivity contribution in [2.75, 3.05) is 13.1 Å². The van der Waals surface area contributed by atoms with Crippen LogP contribution in [-0.4, -0.2) is 42.8 Å². The van der Waals surface area contributed by atoms with E-state index in [0.717, 1.165) is 6.07 Å². The van der Waals surface area contributed by atoms with Crippen molar-refractivity contribution in [3.8, 4) is 0 Å². The summed E-state index contributed by atoms with van der Waals surface area (Å²) in [5, 5.41) is 14.0. The molecule has 0 saturated carbocycles. The molecule has 2 unspecified atom stereocenters. The molecule has 116 valence electrons. The second kappa shape index (κ2) is 5.88. The van der Waals surface area contributed by atoms with Gasteiger partial charge in [0.05, 0.1) is 9.82 Å². The van der Waals surface area contributed by atoms with Crippen LogP contribution in [0, 0.1) is 10.1 Å². The molecule has 0 spiro atoms. The maximum Gasteiger partial charge on any atom is 0.289 e. The quantitative estimate of drug-likeness (QED) is 0.670. The third-order valence-electron chi connectivity index (χ3n) is 3.28. The molecule has 1 N–H and O–H groups in total. The molecule has 0 radical (unpaired) electrons. The lowest BCUT2D eigenvalue weighted by Crippen LogP contribution is -2.55. The van der Waals surface area contributed by atoms with Crippen LogP contribution in [-0.2, 0) is 10.0 Å². The zero-order valence-electron chi connectivity index (χ0n) is 11.6. The van der Waals surface area contributed by atoms with E-state index < -0.39 is 20.6 Å². The van der Waals surface area contributed by atoms with Crippen molar-refractivity contribution < 1.29 is 13.3 Å². The Morgan fingerprint density at radius 2 is 1.90 bits per heavy atom. The van der Waals surface area contributed by atoms with Gasteiger partial charge in [0, 0.05) is 31.2 Å². The smallest absolute Gasteiger partial charge is 0.289 e. The van der Waals surface area contributed by atoms with Crippen LogP contribution >= 0.6 is 11.6 Å². The van der Waals surface area contributed by atoms with Gasteiger partial charge in [0.1, 0.15) is 5.02 Å². The molecule has 0 aromatic heterocycles. The van der Waals surface area contributed by atoms with Gasteiger partial charge < -0.3 is 5.32 Å². The van der Waals surface area contributed by atoms with Crippen molar-refractivity contribution in [1.82, 2.24) is 9.62 Å². The number of benzene rings is 1. The van der Waals surface area contributed by atoms with Crippen LogP contribution in [0.4, 0.5) is 5.69 Å². The molecule has 1 saturated heterocycles. The number of sulfonamides is 1. The molecule has 1 aromatic carbocycles. The largest absolute Gasteiger partial charge is 0.309 e. The van der Waals surface area contributed by atoms with E-state index in [1.807, 2.05) is 13.8 Å². The van der Waals surface area contributed by atoms with Gasteiger partial charge in [0.2, 0.25) is 10.0 Å². The number of hydrogen-bond donors (Lipinski definition) is 1. The van der Waals surface area contributed by atoms with E-state index in [0.29, 0.717) is 13.1 Å². The molecular formula is C12H16ClN3O4S. The first-order chi connectivity index (χ1) is 9.71. The van der Waals surface area contributed by atoms with E-state index in [1.54, 1.807) is 0 Å². The van der Waals surface area contributed by atoms with E-state index in [2.05, 4.69) is 5.32 Å². The minimum Gasteiger partial charge on any atom is -0.309 e. The second-order valence-corrected chi connectivity index (χ2v) is 7.51. The molecule has 7 nitrogen and oxygen atoms in total. The highest BCUT2D eigenvalue weighted by Crippen LogP contribution is 2.29. The molecule has 2 rings (SSSR count). The molecule has 1 aromatic rings. The van der Waals surface area contributed by atoms with Crippen LogP contribution in [0.25, 0.3) is 0 Å². The summed E-state index contributed by atoms with van der Waals surface area (Å²) in [5.74, 6) is 0. The average Bonchev–Trinajstić information content (AvgIpc) is 2.37. The maximum absolute atomic E-state index is 12.6. The van der Waals surface area contributed by atoms with Crippen molar-refractivity contribution in [2.24, 2.45) is 0 Å². The van der Waals surface area contributed by atoms with Gasteiger partial charge in [-0.2, -0.15) is 4.31 Å². The first-order valence-electron chi connectivity index (χ1n) is 6.42. The summed E-state index contributed by atoms with van der Waals surface area (Å²) in [6, 6.07) is 3.58. The highest BCUT2D eigenvalue weighted by molar-refractivity contribution is 7.89. The molecule has 0 aliphatic carbocycles. The fourth-order valence-corrected chi connectivity index (χ4v) is 4.24. The molecule has 0 amide bonds. The maximum atomic E-state index is 12.6. The van der Waals surface area contributed by atoms with Crippen LogP contribution in [0.15, 0.2) is 23.1 Å². The summed E-state index contributed by atoms with van der Waals surface area (Å²) in [6.45, 7) is 4.43. The SMILES string of the molecule is CC1CN(S(=O)(=O)c2ccc(Cl)c([N+](=O)[O-])c2)CC(C)N1. The summed E-state index contributed by atoms with van der Waals surface area (Å²) in [7, 11) is -3.77. The normalized spacial score (nSPS) is 24.0. The number of piperazine rings is 1. The first kappa shape index (κ1) is 16.2. The van der Waals surface area contributed by atoms with Crippen molar-refractivity contribution in [2.45, 2.75) is 30.8 Å². The van der Waals surface area contributed by atoms with Crippen LogP contribution in [0.2, 0.25) is 5.02 Å². The lowest BCUT2D eigenvalue weighted by atomic mass is 10.2. The lowest BCUT2D eigenvalue weighted by molar-refractivity contribution is -0.384. The van der Waals surface area contributed by atoms with E-state index in [1.165, 1.54) is 16.4 Å². The minimum atomic E-state index is -3.77. The van der Waals surface area contributed by atoms with Crippen LogP contribution in [0.3, 0.4) is 0 Å². The summed E-state index contributed by atoms with van der Waals surface area (Å²) < 4.78 is 26.5. The molecule has 21 heavy (non-hydrogen) atoms. The fourth-order valence-electron chi connectivity index (χ4n) is 2.41. The Labute approximate surface area is 128 Å². The van der Waals surface area contributed by atoms with Crippen molar-refractivity contribution in [3.63, 3.8) is 0 Å². The van der Waals surface area contributed by atoms with Gasteiger partial charge in [-0.25, -0.2) is 8.42 Å². The Kier molecular flexibility index (Phi) is 4.52. The average molecular weight is 334 g/mol. The lowest BCUT2D eigenvalue weighted by Gasteiger charge is -2.35. The van der Waals surface area contributed by atoms with E-state index in [4.69, 9.17) is 11.6 Å². The van der Waals surface area contributed by atoms with Gasteiger partial charge in [-0.15, -0.1) is 0 Å². The summed E-state index contributed by atoms with van der Waals surface area (Å²) in [5.41, 5.74) is -0.408. The van der Waals surface area contributed by atoms with Gasteiger partial charge in [-0.05, 0) is 26.0 Å². The number of nitrogens with one attached hydrogen (secondary N) is 1. The predicted octanol–water partition coefficient (Wildman–Crippen LogP) is 1.62. The first-order valence-corrected chi connectivity index (χ1v) is 8.23. The Balaban J connectivity index is 2.40. The van der Waals surface area contributed by atoms with Gasteiger partial charge in [-0.1, -0.05) is 11.6 Å². The summed E-state index contributed by atoms with van der Waals surface area (Å²) in [6.07, 6.45) is 0.